The van der Waals surface area contributed by atoms with Gasteiger partial charge >= 0.3 is 0 Å². The Morgan fingerprint density at radius 2 is 2.23 bits per heavy atom. The summed E-state index contributed by atoms with van der Waals surface area (Å²) in [6, 6.07) is 3.31. The van der Waals surface area contributed by atoms with Gasteiger partial charge in [-0.15, -0.1) is 11.3 Å². The minimum atomic E-state index is -0.523. The summed E-state index contributed by atoms with van der Waals surface area (Å²) < 4.78 is 5.68. The van der Waals surface area contributed by atoms with E-state index in [1.165, 1.54) is 17.5 Å². The SMILES string of the molecule is NC(=O)c1ccc([C@@H]2CN(C(=O)c3cncs3)CCO2)nc1. The summed E-state index contributed by atoms with van der Waals surface area (Å²) in [5, 5.41) is 0. The lowest BCUT2D eigenvalue weighted by Crippen LogP contribution is -2.42. The van der Waals surface area contributed by atoms with E-state index in [1.807, 2.05) is 0 Å². The van der Waals surface area contributed by atoms with Gasteiger partial charge in [0.1, 0.15) is 11.0 Å². The summed E-state index contributed by atoms with van der Waals surface area (Å²) in [4.78, 5) is 33.9. The number of hydrogen-bond donors (Lipinski definition) is 1. The zero-order chi connectivity index (χ0) is 15.5. The number of rotatable bonds is 3. The number of ether oxygens (including phenoxy) is 1. The molecule has 2 aromatic heterocycles. The van der Waals surface area contributed by atoms with Crippen LogP contribution >= 0.6 is 11.3 Å². The predicted molar refractivity (Wildman–Crippen MR) is 79.5 cm³/mol. The summed E-state index contributed by atoms with van der Waals surface area (Å²) in [6.07, 6.45) is 2.68. The van der Waals surface area contributed by atoms with Crippen LogP contribution in [0.3, 0.4) is 0 Å². The highest BCUT2D eigenvalue weighted by atomic mass is 32.1. The van der Waals surface area contributed by atoms with Crippen LogP contribution in [0.5, 0.6) is 0 Å². The molecule has 0 unspecified atom stereocenters. The predicted octanol–water partition coefficient (Wildman–Crippen LogP) is 0.851. The van der Waals surface area contributed by atoms with Crippen LogP contribution in [-0.2, 0) is 4.74 Å². The van der Waals surface area contributed by atoms with Gasteiger partial charge in [0.2, 0.25) is 5.91 Å². The normalized spacial score (nSPS) is 18.2. The highest BCUT2D eigenvalue weighted by Crippen LogP contribution is 2.22. The number of hydrogen-bond acceptors (Lipinski definition) is 6. The van der Waals surface area contributed by atoms with Gasteiger partial charge in [-0.1, -0.05) is 0 Å². The molecular formula is C14H14N4O3S. The summed E-state index contributed by atoms with van der Waals surface area (Å²) >= 11 is 1.32. The molecule has 3 heterocycles. The molecule has 8 heteroatoms. The van der Waals surface area contributed by atoms with Crippen LogP contribution in [0.1, 0.15) is 31.8 Å². The molecule has 2 amide bonds. The van der Waals surface area contributed by atoms with Crippen LogP contribution in [0.2, 0.25) is 0 Å². The number of thiazole rings is 1. The number of carbonyl (C=O) groups excluding carboxylic acids is 2. The molecule has 0 bridgehead atoms. The molecule has 1 atom stereocenters. The zero-order valence-corrected chi connectivity index (χ0v) is 12.5. The lowest BCUT2D eigenvalue weighted by atomic mass is 10.1. The summed E-state index contributed by atoms with van der Waals surface area (Å²) in [5.74, 6) is -0.574. The molecule has 0 spiro atoms. The van der Waals surface area contributed by atoms with Crippen LogP contribution in [0, 0.1) is 0 Å². The molecule has 1 fully saturated rings. The molecule has 22 heavy (non-hydrogen) atoms. The van der Waals surface area contributed by atoms with Gasteiger partial charge in [0.05, 0.1) is 36.1 Å². The minimum Gasteiger partial charge on any atom is -0.368 e. The maximum Gasteiger partial charge on any atom is 0.265 e. The molecule has 114 valence electrons. The van der Waals surface area contributed by atoms with E-state index < -0.39 is 5.91 Å². The van der Waals surface area contributed by atoms with Gasteiger partial charge in [-0.3, -0.25) is 19.6 Å². The zero-order valence-electron chi connectivity index (χ0n) is 11.6. The highest BCUT2D eigenvalue weighted by Gasteiger charge is 2.27. The van der Waals surface area contributed by atoms with Crippen LogP contribution in [0.15, 0.2) is 30.0 Å². The molecule has 1 aliphatic heterocycles. The second-order valence-electron chi connectivity index (χ2n) is 4.81. The standard InChI is InChI=1S/C14H14N4O3S/c15-13(19)9-1-2-10(17-5-9)11-7-18(3-4-21-11)14(20)12-6-16-8-22-12/h1-2,5-6,8,11H,3-4,7H2,(H2,15,19)/t11-/m0/s1. The van der Waals surface area contributed by atoms with Crippen molar-refractivity contribution in [2.24, 2.45) is 5.73 Å². The Morgan fingerprint density at radius 1 is 1.36 bits per heavy atom. The smallest absolute Gasteiger partial charge is 0.265 e. The van der Waals surface area contributed by atoms with Gasteiger partial charge in [0, 0.05) is 12.7 Å². The van der Waals surface area contributed by atoms with Crippen molar-refractivity contribution in [3.8, 4) is 0 Å². The lowest BCUT2D eigenvalue weighted by Gasteiger charge is -2.32. The molecule has 7 nitrogen and oxygen atoms in total. The Kier molecular flexibility index (Phi) is 4.12. The average Bonchev–Trinajstić information content (AvgIpc) is 3.09. The van der Waals surface area contributed by atoms with Crippen molar-refractivity contribution in [1.29, 1.82) is 0 Å². The third kappa shape index (κ3) is 2.97. The first kappa shape index (κ1) is 14.6. The average molecular weight is 318 g/mol. The first-order chi connectivity index (χ1) is 10.6. The topological polar surface area (TPSA) is 98.4 Å². The number of aromatic nitrogens is 2. The van der Waals surface area contributed by atoms with Crippen molar-refractivity contribution >= 4 is 23.2 Å². The van der Waals surface area contributed by atoms with E-state index in [4.69, 9.17) is 10.5 Å². The Bertz CT molecular complexity index is 672. The number of nitrogens with two attached hydrogens (primary N) is 1. The van der Waals surface area contributed by atoms with Gasteiger partial charge in [-0.25, -0.2) is 0 Å². The number of primary amides is 1. The summed E-state index contributed by atoms with van der Waals surface area (Å²) in [7, 11) is 0. The van der Waals surface area contributed by atoms with Crippen LogP contribution in [0.25, 0.3) is 0 Å². The maximum atomic E-state index is 12.3. The molecule has 0 aromatic carbocycles. The van der Waals surface area contributed by atoms with Gasteiger partial charge < -0.3 is 15.4 Å². The largest absolute Gasteiger partial charge is 0.368 e. The fourth-order valence-electron chi connectivity index (χ4n) is 2.23. The Morgan fingerprint density at radius 3 is 2.86 bits per heavy atom. The van der Waals surface area contributed by atoms with Gasteiger partial charge in [-0.05, 0) is 12.1 Å². The van der Waals surface area contributed by atoms with E-state index in [0.29, 0.717) is 35.8 Å². The molecular weight excluding hydrogens is 304 g/mol. The molecule has 0 aliphatic carbocycles. The van der Waals surface area contributed by atoms with Gasteiger partial charge in [-0.2, -0.15) is 0 Å². The Labute approximate surface area is 130 Å². The summed E-state index contributed by atoms with van der Waals surface area (Å²) in [6.45, 7) is 1.39. The second kappa shape index (κ2) is 6.20. The second-order valence-corrected chi connectivity index (χ2v) is 5.70. The van der Waals surface area contributed by atoms with E-state index in [-0.39, 0.29) is 12.0 Å². The minimum absolute atomic E-state index is 0.0513. The first-order valence-corrected chi connectivity index (χ1v) is 7.58. The summed E-state index contributed by atoms with van der Waals surface area (Å²) in [5.41, 5.74) is 7.84. The molecule has 3 rings (SSSR count). The number of morpholine rings is 1. The number of amides is 2. The van der Waals surface area contributed by atoms with Gasteiger partial charge in [0.25, 0.3) is 5.91 Å². The Balaban J connectivity index is 1.72. The van der Waals surface area contributed by atoms with E-state index in [1.54, 1.807) is 28.7 Å². The van der Waals surface area contributed by atoms with E-state index in [2.05, 4.69) is 9.97 Å². The van der Waals surface area contributed by atoms with Crippen LogP contribution < -0.4 is 5.73 Å². The third-order valence-corrected chi connectivity index (χ3v) is 4.16. The third-order valence-electron chi connectivity index (χ3n) is 3.40. The molecule has 2 N–H and O–H groups in total. The fourth-order valence-corrected chi connectivity index (χ4v) is 2.82. The first-order valence-electron chi connectivity index (χ1n) is 6.70. The number of nitrogens with zero attached hydrogens (tertiary/aromatic N) is 3. The van der Waals surface area contributed by atoms with Crippen molar-refractivity contribution in [2.45, 2.75) is 6.10 Å². The fraction of sp³-hybridized carbons (Fsp3) is 0.286. The molecule has 0 saturated carbocycles. The van der Waals surface area contributed by atoms with E-state index in [0.717, 1.165) is 0 Å². The van der Waals surface area contributed by atoms with E-state index in [9.17, 15) is 9.59 Å². The number of carbonyl (C=O) groups is 2. The quantitative estimate of drug-likeness (QED) is 0.904. The lowest BCUT2D eigenvalue weighted by molar-refractivity contribution is -0.0245. The molecule has 0 radical (unpaired) electrons. The van der Waals surface area contributed by atoms with Crippen molar-refractivity contribution in [2.75, 3.05) is 19.7 Å². The highest BCUT2D eigenvalue weighted by molar-refractivity contribution is 7.11. The molecule has 1 saturated heterocycles. The monoisotopic (exact) mass is 318 g/mol. The Hall–Kier alpha value is -2.32. The van der Waals surface area contributed by atoms with Crippen molar-refractivity contribution < 1.29 is 14.3 Å². The van der Waals surface area contributed by atoms with Crippen LogP contribution in [-0.4, -0.2) is 46.4 Å². The van der Waals surface area contributed by atoms with Crippen molar-refractivity contribution in [3.63, 3.8) is 0 Å². The van der Waals surface area contributed by atoms with Crippen molar-refractivity contribution in [3.05, 3.63) is 46.2 Å². The molecule has 1 aliphatic rings. The molecule has 2 aromatic rings. The maximum absolute atomic E-state index is 12.3. The van der Waals surface area contributed by atoms with E-state index >= 15 is 0 Å². The number of pyridine rings is 1. The van der Waals surface area contributed by atoms with Crippen LogP contribution in [0.4, 0.5) is 0 Å². The van der Waals surface area contributed by atoms with Gasteiger partial charge in [0.15, 0.2) is 0 Å². The van der Waals surface area contributed by atoms with Crippen molar-refractivity contribution in [1.82, 2.24) is 14.9 Å².